The van der Waals surface area contributed by atoms with E-state index in [0.29, 0.717) is 0 Å². The molecule has 0 unspecified atom stereocenters. The van der Waals surface area contributed by atoms with Gasteiger partial charge in [0, 0.05) is 0 Å². The zero-order chi connectivity index (χ0) is 7.91. The maximum Gasteiger partial charge on any atom is 0.400 e. The van der Waals surface area contributed by atoms with E-state index in [-0.39, 0.29) is 13.2 Å². The second-order valence-corrected chi connectivity index (χ2v) is 3.05. The summed E-state index contributed by atoms with van der Waals surface area (Å²) in [6.45, 7) is 0.715. The smallest absolute Gasteiger partial charge is 0.394 e. The summed E-state index contributed by atoms with van der Waals surface area (Å²) in [6, 6.07) is 0. The Bertz CT molecular complexity index is 42.7. The molecular weight excluding hydrogens is 147 g/mol. The molecule has 9 heavy (non-hydrogen) atoms. The van der Waals surface area contributed by atoms with Crippen molar-refractivity contribution in [2.24, 2.45) is 0 Å². The Hall–Kier alpha value is 0.230. The first kappa shape index (κ1) is 12.0. The van der Waals surface area contributed by atoms with Crippen LogP contribution in [0, 0.1) is 0 Å². The van der Waals surface area contributed by atoms with Crippen molar-refractivity contribution in [3.05, 3.63) is 0 Å². The van der Waals surface area contributed by atoms with Gasteiger partial charge in [-0.25, -0.2) is 0 Å². The van der Waals surface area contributed by atoms with Crippen molar-refractivity contribution in [3.8, 4) is 0 Å². The summed E-state index contributed by atoms with van der Waals surface area (Å²) in [5, 5.41) is 15.2. The number of aliphatic hydroxyl groups is 2. The lowest BCUT2D eigenvalue weighted by Gasteiger charge is -1.88. The molecule has 0 saturated carbocycles. The van der Waals surface area contributed by atoms with E-state index in [1.165, 1.54) is 0 Å². The Morgan fingerprint density at radius 1 is 1.00 bits per heavy atom. The lowest BCUT2D eigenvalue weighted by atomic mass is 10.8. The van der Waals surface area contributed by atoms with Crippen molar-refractivity contribution in [3.63, 3.8) is 0 Å². The first-order chi connectivity index (χ1) is 3.91. The maximum absolute atomic E-state index is 7.74. The predicted molar refractivity (Wildman–Crippen MR) is 33.7 cm³/mol. The molecule has 0 aromatic heterocycles. The van der Waals surface area contributed by atoms with E-state index in [9.17, 15) is 0 Å². The Morgan fingerprint density at radius 2 is 1.11 bits per heavy atom. The molecule has 0 rings (SSSR count). The topological polar surface area (TPSA) is 101 Å². The van der Waals surface area contributed by atoms with E-state index in [2.05, 4.69) is 0 Å². The normalized spacial score (nSPS) is 10.0. The highest BCUT2D eigenvalue weighted by Crippen LogP contribution is 2.38. The summed E-state index contributed by atoms with van der Waals surface area (Å²) in [7, 11) is -3.39. The zero-order valence-corrected chi connectivity index (χ0v) is 5.99. The van der Waals surface area contributed by atoms with Crippen LogP contribution in [0.15, 0.2) is 0 Å². The molecule has 5 nitrogen and oxygen atoms in total. The van der Waals surface area contributed by atoms with Crippen LogP contribution in [0.2, 0.25) is 0 Å². The molecule has 6 heteroatoms. The molecule has 0 saturated heterocycles. The molecule has 0 atom stereocenters. The predicted octanol–water partition coefficient (Wildman–Crippen LogP) is -1.67. The quantitative estimate of drug-likeness (QED) is 0.294. The van der Waals surface area contributed by atoms with Gasteiger partial charge in [-0.15, -0.1) is 0 Å². The number of hydrogen-bond acceptors (Lipinski definition) is 5. The highest BCUT2D eigenvalue weighted by molar-refractivity contribution is 7.57. The third-order valence-electron chi connectivity index (χ3n) is 0.1000. The fourth-order valence-electron chi connectivity index (χ4n) is 0. The van der Waals surface area contributed by atoms with Crippen molar-refractivity contribution < 1.29 is 24.9 Å². The standard InChI is InChI=1S/C2H6O2.CH6O3P/c3-1-2-4;1-5(2,3)4/h3-4H,1-2H2;2-4H,1H3/q;+1. The van der Waals surface area contributed by atoms with Crippen molar-refractivity contribution in [2.75, 3.05) is 19.9 Å². The number of aliphatic hydroxyl groups excluding tert-OH is 2. The van der Waals surface area contributed by atoms with Crippen molar-refractivity contribution in [2.45, 2.75) is 0 Å². The molecule has 0 aromatic rings. The molecule has 0 aliphatic rings. The molecule has 0 fully saturated rings. The molecule has 0 aromatic carbocycles. The van der Waals surface area contributed by atoms with Gasteiger partial charge in [0.1, 0.15) is 6.66 Å². The Kier molecular flexibility index (Phi) is 8.44. The zero-order valence-electron chi connectivity index (χ0n) is 5.10. The van der Waals surface area contributed by atoms with Crippen LogP contribution in [-0.2, 0) is 0 Å². The summed E-state index contributed by atoms with van der Waals surface area (Å²) < 4.78 is 0. The first-order valence-electron chi connectivity index (χ1n) is 2.18. The first-order valence-corrected chi connectivity index (χ1v) is 4.27. The monoisotopic (exact) mass is 159 g/mol. The van der Waals surface area contributed by atoms with E-state index in [1.807, 2.05) is 0 Å². The fraction of sp³-hybridized carbons (Fsp3) is 1.00. The minimum absolute atomic E-state index is 0.125. The summed E-state index contributed by atoms with van der Waals surface area (Å²) in [5.41, 5.74) is 0. The Morgan fingerprint density at radius 3 is 1.11 bits per heavy atom. The molecule has 0 spiro atoms. The fourth-order valence-corrected chi connectivity index (χ4v) is 0. The van der Waals surface area contributed by atoms with Crippen LogP contribution < -0.4 is 0 Å². The van der Waals surface area contributed by atoms with Crippen molar-refractivity contribution >= 4 is 7.94 Å². The van der Waals surface area contributed by atoms with E-state index in [4.69, 9.17) is 24.9 Å². The molecule has 0 aliphatic heterocycles. The van der Waals surface area contributed by atoms with Gasteiger partial charge in [-0.1, -0.05) is 0 Å². The second kappa shape index (κ2) is 6.35. The van der Waals surface area contributed by atoms with Gasteiger partial charge < -0.3 is 10.2 Å². The van der Waals surface area contributed by atoms with Crippen LogP contribution in [0.3, 0.4) is 0 Å². The van der Waals surface area contributed by atoms with Crippen LogP contribution in [0.1, 0.15) is 0 Å². The minimum Gasteiger partial charge on any atom is -0.394 e. The maximum atomic E-state index is 7.74. The van der Waals surface area contributed by atoms with Crippen LogP contribution in [-0.4, -0.2) is 44.8 Å². The average Bonchev–Trinajstić information content (AvgIpc) is 1.61. The third-order valence-corrected chi connectivity index (χ3v) is 0.1000. The summed E-state index contributed by atoms with van der Waals surface area (Å²) >= 11 is 0. The minimum atomic E-state index is -3.39. The largest absolute Gasteiger partial charge is 0.400 e. The van der Waals surface area contributed by atoms with Gasteiger partial charge in [0.05, 0.1) is 13.2 Å². The lowest BCUT2D eigenvalue weighted by molar-refractivity contribution is 0.186. The van der Waals surface area contributed by atoms with Gasteiger partial charge >= 0.3 is 7.94 Å². The molecule has 58 valence electrons. The molecule has 0 amide bonds. The van der Waals surface area contributed by atoms with Gasteiger partial charge in [-0.3, -0.25) is 0 Å². The highest BCUT2D eigenvalue weighted by atomic mass is 31.2. The molecule has 0 aliphatic carbocycles. The summed E-state index contributed by atoms with van der Waals surface area (Å²) in [5.74, 6) is 0. The van der Waals surface area contributed by atoms with Gasteiger partial charge in [0.2, 0.25) is 0 Å². The van der Waals surface area contributed by atoms with Crippen molar-refractivity contribution in [1.29, 1.82) is 0 Å². The molecular formula is C3H12O5P+. The van der Waals surface area contributed by atoms with E-state index in [1.54, 1.807) is 0 Å². The van der Waals surface area contributed by atoms with Gasteiger partial charge in [0.25, 0.3) is 0 Å². The Labute approximate surface area is 53.8 Å². The molecule has 5 N–H and O–H groups in total. The summed E-state index contributed by atoms with van der Waals surface area (Å²) in [4.78, 5) is 23.2. The third kappa shape index (κ3) is 211. The average molecular weight is 159 g/mol. The van der Waals surface area contributed by atoms with Crippen LogP contribution in [0.4, 0.5) is 0 Å². The van der Waals surface area contributed by atoms with Crippen molar-refractivity contribution in [1.82, 2.24) is 0 Å². The van der Waals surface area contributed by atoms with Gasteiger partial charge in [-0.05, 0) is 0 Å². The second-order valence-electron chi connectivity index (χ2n) is 1.32. The SMILES string of the molecule is C[P+](O)(O)O.OCCO. The van der Waals surface area contributed by atoms with E-state index >= 15 is 0 Å². The van der Waals surface area contributed by atoms with E-state index < -0.39 is 7.94 Å². The van der Waals surface area contributed by atoms with Gasteiger partial charge in [-0.2, -0.15) is 14.7 Å². The number of rotatable bonds is 1. The Balaban J connectivity index is 0. The number of hydrogen-bond donors (Lipinski definition) is 5. The highest BCUT2D eigenvalue weighted by Gasteiger charge is 2.17. The molecule has 0 bridgehead atoms. The molecule has 0 heterocycles. The van der Waals surface area contributed by atoms with E-state index in [0.717, 1.165) is 6.66 Å². The molecule has 0 radical (unpaired) electrons. The summed E-state index contributed by atoms with van der Waals surface area (Å²) in [6.07, 6.45) is 0. The van der Waals surface area contributed by atoms with Crippen LogP contribution in [0.5, 0.6) is 0 Å². The van der Waals surface area contributed by atoms with Crippen LogP contribution >= 0.6 is 7.94 Å². The van der Waals surface area contributed by atoms with Gasteiger partial charge in [0.15, 0.2) is 0 Å². The van der Waals surface area contributed by atoms with Crippen LogP contribution in [0.25, 0.3) is 0 Å². The lowest BCUT2D eigenvalue weighted by Crippen LogP contribution is -1.85.